The van der Waals surface area contributed by atoms with Gasteiger partial charge in [-0.05, 0) is 42.2 Å². The van der Waals surface area contributed by atoms with Gasteiger partial charge in [0.25, 0.3) is 0 Å². The molecule has 0 radical (unpaired) electrons. The van der Waals surface area contributed by atoms with Gasteiger partial charge in [0.2, 0.25) is 0 Å². The number of carbonyl (C=O) groups is 3. The van der Waals surface area contributed by atoms with E-state index in [0.29, 0.717) is 24.0 Å². The van der Waals surface area contributed by atoms with Gasteiger partial charge < -0.3 is 9.84 Å². The van der Waals surface area contributed by atoms with Crippen LogP contribution in [0, 0.1) is 22.7 Å². The van der Waals surface area contributed by atoms with Gasteiger partial charge in [0, 0.05) is 12.8 Å². The maximum Gasteiger partial charge on any atom is 0.313 e. The quantitative estimate of drug-likeness (QED) is 0.640. The Labute approximate surface area is 130 Å². The number of ether oxygens (including phenoxy) is 1. The van der Waals surface area contributed by atoms with Crippen LogP contribution in [0.25, 0.3) is 0 Å². The SMILES string of the molecule is CC(=O)OC1CC(C)C(C=O)=C2C1C(C)(C)CC2(C)C(=O)O. The van der Waals surface area contributed by atoms with E-state index in [9.17, 15) is 19.5 Å². The molecule has 4 atom stereocenters. The van der Waals surface area contributed by atoms with Crippen LogP contribution >= 0.6 is 0 Å². The highest BCUT2D eigenvalue weighted by Gasteiger charge is 2.60. The van der Waals surface area contributed by atoms with Crippen LogP contribution in [0.15, 0.2) is 11.1 Å². The van der Waals surface area contributed by atoms with Crippen LogP contribution in [-0.4, -0.2) is 29.4 Å². The van der Waals surface area contributed by atoms with Gasteiger partial charge in [-0.25, -0.2) is 0 Å². The van der Waals surface area contributed by atoms with E-state index in [-0.39, 0.29) is 29.3 Å². The molecule has 5 heteroatoms. The summed E-state index contributed by atoms with van der Waals surface area (Å²) in [5, 5.41) is 9.75. The monoisotopic (exact) mass is 308 g/mol. The van der Waals surface area contributed by atoms with Crippen LogP contribution < -0.4 is 0 Å². The molecule has 0 bridgehead atoms. The molecule has 122 valence electrons. The Hall–Kier alpha value is -1.65. The Bertz CT molecular complexity index is 559. The Morgan fingerprint density at radius 3 is 2.36 bits per heavy atom. The lowest BCUT2D eigenvalue weighted by Crippen LogP contribution is -2.40. The average molecular weight is 308 g/mol. The average Bonchev–Trinajstić information content (AvgIpc) is 2.57. The van der Waals surface area contributed by atoms with Crippen molar-refractivity contribution in [3.05, 3.63) is 11.1 Å². The number of allylic oxidation sites excluding steroid dienone is 1. The first-order chi connectivity index (χ1) is 10.0. The fourth-order valence-electron chi connectivity index (χ4n) is 4.61. The molecule has 1 saturated carbocycles. The molecule has 0 aromatic heterocycles. The van der Waals surface area contributed by atoms with Crippen molar-refractivity contribution in [3.8, 4) is 0 Å². The highest BCUT2D eigenvalue weighted by Crippen LogP contribution is 2.62. The molecule has 4 unspecified atom stereocenters. The summed E-state index contributed by atoms with van der Waals surface area (Å²) in [5.41, 5.74) is -0.206. The summed E-state index contributed by atoms with van der Waals surface area (Å²) < 4.78 is 5.50. The summed E-state index contributed by atoms with van der Waals surface area (Å²) in [7, 11) is 0. The van der Waals surface area contributed by atoms with Crippen LogP contribution in [0.2, 0.25) is 0 Å². The zero-order chi connectivity index (χ0) is 16.9. The Morgan fingerprint density at radius 1 is 1.32 bits per heavy atom. The molecule has 5 nitrogen and oxygen atoms in total. The second kappa shape index (κ2) is 5.21. The first-order valence-corrected chi connectivity index (χ1v) is 7.65. The fourth-order valence-corrected chi connectivity index (χ4v) is 4.61. The van der Waals surface area contributed by atoms with Gasteiger partial charge >= 0.3 is 11.9 Å². The molecular formula is C17H24O5. The summed E-state index contributed by atoms with van der Waals surface area (Å²) in [5.74, 6) is -1.63. The van der Waals surface area contributed by atoms with E-state index in [1.54, 1.807) is 6.92 Å². The molecule has 0 heterocycles. The number of carboxylic acids is 1. The number of aliphatic carboxylic acids is 1. The van der Waals surface area contributed by atoms with E-state index in [4.69, 9.17) is 4.74 Å². The van der Waals surface area contributed by atoms with Crippen molar-refractivity contribution in [3.63, 3.8) is 0 Å². The summed E-state index contributed by atoms with van der Waals surface area (Å²) in [6, 6.07) is 0. The third-order valence-electron chi connectivity index (χ3n) is 5.27. The highest BCUT2D eigenvalue weighted by atomic mass is 16.5. The van der Waals surface area contributed by atoms with E-state index < -0.39 is 11.4 Å². The molecule has 22 heavy (non-hydrogen) atoms. The van der Waals surface area contributed by atoms with Crippen LogP contribution in [0.1, 0.15) is 47.5 Å². The molecule has 2 aliphatic carbocycles. The van der Waals surface area contributed by atoms with Crippen molar-refractivity contribution in [2.75, 3.05) is 0 Å². The number of hydrogen-bond donors (Lipinski definition) is 1. The van der Waals surface area contributed by atoms with Gasteiger partial charge in [0.05, 0.1) is 5.41 Å². The first-order valence-electron chi connectivity index (χ1n) is 7.65. The summed E-state index contributed by atoms with van der Waals surface area (Å²) >= 11 is 0. The van der Waals surface area contributed by atoms with Crippen molar-refractivity contribution in [2.45, 2.75) is 53.6 Å². The Balaban J connectivity index is 2.66. The largest absolute Gasteiger partial charge is 0.481 e. The van der Waals surface area contributed by atoms with Crippen molar-refractivity contribution >= 4 is 18.2 Å². The third-order valence-corrected chi connectivity index (χ3v) is 5.27. The van der Waals surface area contributed by atoms with Crippen LogP contribution in [0.4, 0.5) is 0 Å². The van der Waals surface area contributed by atoms with E-state index in [1.807, 2.05) is 20.8 Å². The summed E-state index contributed by atoms with van der Waals surface area (Å²) in [6.45, 7) is 8.90. The molecule has 1 N–H and O–H groups in total. The van der Waals surface area contributed by atoms with Crippen LogP contribution in [0.3, 0.4) is 0 Å². The second-order valence-electron chi connectivity index (χ2n) is 7.55. The lowest BCUT2D eigenvalue weighted by atomic mass is 9.67. The zero-order valence-electron chi connectivity index (χ0n) is 13.8. The normalized spacial score (nSPS) is 36.7. The van der Waals surface area contributed by atoms with Gasteiger partial charge in [-0.3, -0.25) is 14.4 Å². The lowest BCUT2D eigenvalue weighted by molar-refractivity contribution is -0.151. The topological polar surface area (TPSA) is 80.7 Å². The maximum absolute atomic E-state index is 11.9. The third kappa shape index (κ3) is 2.36. The van der Waals surface area contributed by atoms with Gasteiger partial charge in [-0.1, -0.05) is 20.8 Å². The lowest BCUT2D eigenvalue weighted by Gasteiger charge is -2.40. The number of carboxylic acid groups (broad SMARTS) is 1. The first kappa shape index (κ1) is 16.7. The number of rotatable bonds is 3. The predicted octanol–water partition coefficient (Wildman–Crippen LogP) is 2.59. The van der Waals surface area contributed by atoms with Crippen molar-refractivity contribution < 1.29 is 24.2 Å². The van der Waals surface area contributed by atoms with E-state index >= 15 is 0 Å². The van der Waals surface area contributed by atoms with Crippen LogP contribution in [-0.2, 0) is 19.1 Å². The minimum absolute atomic E-state index is 0.110. The number of aldehydes is 1. The van der Waals surface area contributed by atoms with Crippen molar-refractivity contribution in [1.29, 1.82) is 0 Å². The predicted molar refractivity (Wildman–Crippen MR) is 80.1 cm³/mol. The van der Waals surface area contributed by atoms with Gasteiger partial charge in [0.1, 0.15) is 12.4 Å². The maximum atomic E-state index is 11.9. The summed E-state index contributed by atoms with van der Waals surface area (Å²) in [4.78, 5) is 35.0. The Kier molecular flexibility index (Phi) is 3.96. The molecule has 2 rings (SSSR count). The smallest absolute Gasteiger partial charge is 0.313 e. The Morgan fingerprint density at radius 2 is 1.91 bits per heavy atom. The minimum Gasteiger partial charge on any atom is -0.481 e. The highest BCUT2D eigenvalue weighted by molar-refractivity contribution is 5.85. The van der Waals surface area contributed by atoms with Crippen molar-refractivity contribution in [1.82, 2.24) is 0 Å². The molecular weight excluding hydrogens is 284 g/mol. The molecule has 0 aromatic rings. The molecule has 0 spiro atoms. The minimum atomic E-state index is -1.09. The molecule has 0 amide bonds. The molecule has 0 aromatic carbocycles. The van der Waals surface area contributed by atoms with Gasteiger partial charge in [0.15, 0.2) is 0 Å². The zero-order valence-corrected chi connectivity index (χ0v) is 13.8. The standard InChI is InChI=1S/C17H24O5/c1-9-6-12(22-10(2)19)14-13(11(9)7-18)17(5,15(20)21)8-16(14,3)4/h7,9,12,14H,6,8H2,1-5H3,(H,20,21). The number of esters is 1. The number of hydrogen-bond acceptors (Lipinski definition) is 4. The van der Waals surface area contributed by atoms with E-state index in [2.05, 4.69) is 0 Å². The number of carbonyl (C=O) groups excluding carboxylic acids is 2. The fraction of sp³-hybridized carbons (Fsp3) is 0.706. The van der Waals surface area contributed by atoms with E-state index in [0.717, 1.165) is 6.29 Å². The summed E-state index contributed by atoms with van der Waals surface area (Å²) in [6.07, 6.45) is 1.40. The molecule has 0 aliphatic heterocycles. The van der Waals surface area contributed by atoms with Crippen molar-refractivity contribution in [2.24, 2.45) is 22.7 Å². The van der Waals surface area contributed by atoms with Gasteiger partial charge in [-0.15, -0.1) is 0 Å². The van der Waals surface area contributed by atoms with E-state index in [1.165, 1.54) is 6.92 Å². The van der Waals surface area contributed by atoms with Gasteiger partial charge in [-0.2, -0.15) is 0 Å². The number of fused-ring (bicyclic) bond motifs is 1. The van der Waals surface area contributed by atoms with Crippen LogP contribution in [0.5, 0.6) is 0 Å². The molecule has 0 saturated heterocycles. The second-order valence-corrected chi connectivity index (χ2v) is 7.55. The molecule has 1 fully saturated rings. The molecule has 2 aliphatic rings.